The zero-order valence-electron chi connectivity index (χ0n) is 19.8. The number of halogens is 1. The van der Waals surface area contributed by atoms with Crippen molar-refractivity contribution in [2.45, 2.75) is 13.8 Å². The molecule has 0 unspecified atom stereocenters. The van der Waals surface area contributed by atoms with E-state index in [2.05, 4.69) is 5.32 Å². The number of carbonyl (C=O) groups is 2. The van der Waals surface area contributed by atoms with Crippen LogP contribution in [0.3, 0.4) is 0 Å². The van der Waals surface area contributed by atoms with Gasteiger partial charge in [-0.2, -0.15) is 0 Å². The van der Waals surface area contributed by atoms with Crippen LogP contribution < -0.4 is 19.7 Å². The number of carbonyl (C=O) groups excluding carboxylic acids is 2. The highest BCUT2D eigenvalue weighted by Crippen LogP contribution is 2.40. The summed E-state index contributed by atoms with van der Waals surface area (Å²) in [5.74, 6) is 0.0356. The summed E-state index contributed by atoms with van der Waals surface area (Å²) in [4.78, 5) is 27.4. The van der Waals surface area contributed by atoms with Crippen LogP contribution in [0.15, 0.2) is 65.6 Å². The van der Waals surface area contributed by atoms with E-state index in [1.54, 1.807) is 18.2 Å². The van der Waals surface area contributed by atoms with E-state index >= 15 is 0 Å². The summed E-state index contributed by atoms with van der Waals surface area (Å²) in [5, 5.41) is 3.02. The Morgan fingerprint density at radius 2 is 1.86 bits per heavy atom. The fourth-order valence-electron chi connectivity index (χ4n) is 3.54. The highest BCUT2D eigenvalue weighted by molar-refractivity contribution is 8.27. The zero-order valence-corrected chi connectivity index (χ0v) is 22.2. The average Bonchev–Trinajstić information content (AvgIpc) is 3.12. The van der Waals surface area contributed by atoms with Crippen molar-refractivity contribution in [1.82, 2.24) is 0 Å². The summed E-state index contributed by atoms with van der Waals surface area (Å²) in [5.41, 5.74) is 4.16. The van der Waals surface area contributed by atoms with Crippen molar-refractivity contribution in [3.63, 3.8) is 0 Å². The van der Waals surface area contributed by atoms with Gasteiger partial charge in [0.1, 0.15) is 0 Å². The molecule has 9 heteroatoms. The minimum absolute atomic E-state index is 0.209. The van der Waals surface area contributed by atoms with Gasteiger partial charge in [-0.1, -0.05) is 65.4 Å². The predicted molar refractivity (Wildman–Crippen MR) is 150 cm³/mol. The number of nitrogens with one attached hydrogen (secondary N) is 1. The van der Waals surface area contributed by atoms with Crippen LogP contribution in [-0.2, 0) is 9.59 Å². The molecule has 6 nitrogen and oxygen atoms in total. The first-order valence-corrected chi connectivity index (χ1v) is 12.6. The molecule has 4 rings (SSSR count). The van der Waals surface area contributed by atoms with Crippen molar-refractivity contribution in [3.8, 4) is 11.5 Å². The Hall–Kier alpha value is -3.33. The van der Waals surface area contributed by atoms with Crippen LogP contribution in [0.4, 0.5) is 11.4 Å². The van der Waals surface area contributed by atoms with Gasteiger partial charge in [0.25, 0.3) is 11.8 Å². The number of thioether (sulfide) groups is 1. The Bertz CT molecular complexity index is 1370. The number of aryl methyl sites for hydroxylation is 2. The van der Waals surface area contributed by atoms with Crippen molar-refractivity contribution in [1.29, 1.82) is 0 Å². The van der Waals surface area contributed by atoms with Crippen molar-refractivity contribution in [2.75, 3.05) is 23.9 Å². The molecule has 1 fully saturated rings. The molecular formula is C27H23ClN2O4S2. The van der Waals surface area contributed by atoms with E-state index in [9.17, 15) is 9.59 Å². The van der Waals surface area contributed by atoms with Crippen molar-refractivity contribution >= 4 is 69.2 Å². The summed E-state index contributed by atoms with van der Waals surface area (Å²) >= 11 is 13.2. The molecule has 0 bridgehead atoms. The number of hydrogen-bond acceptors (Lipinski definition) is 6. The fraction of sp³-hybridized carbons (Fsp3) is 0.148. The first kappa shape index (κ1) is 25.8. The van der Waals surface area contributed by atoms with Gasteiger partial charge in [-0.05, 0) is 67.4 Å². The lowest BCUT2D eigenvalue weighted by Crippen LogP contribution is -2.27. The molecule has 36 heavy (non-hydrogen) atoms. The largest absolute Gasteiger partial charge is 0.493 e. The van der Waals surface area contributed by atoms with E-state index < -0.39 is 0 Å². The maximum Gasteiger partial charge on any atom is 0.270 e. The highest BCUT2D eigenvalue weighted by Gasteiger charge is 2.33. The van der Waals surface area contributed by atoms with Crippen LogP contribution in [0.1, 0.15) is 16.7 Å². The zero-order chi connectivity index (χ0) is 25.8. The summed E-state index contributed by atoms with van der Waals surface area (Å²) < 4.78 is 11.6. The van der Waals surface area contributed by atoms with Crippen LogP contribution in [0.2, 0.25) is 5.02 Å². The monoisotopic (exact) mass is 538 g/mol. The second-order valence-electron chi connectivity index (χ2n) is 8.09. The van der Waals surface area contributed by atoms with Crippen LogP contribution in [0.5, 0.6) is 11.5 Å². The lowest BCUT2D eigenvalue weighted by molar-refractivity contribution is -0.118. The van der Waals surface area contributed by atoms with Gasteiger partial charge in [0.05, 0.1) is 22.7 Å². The van der Waals surface area contributed by atoms with Crippen LogP contribution >= 0.6 is 35.6 Å². The number of methoxy groups -OCH3 is 1. The molecular weight excluding hydrogens is 516 g/mol. The minimum atomic E-state index is -0.333. The molecule has 1 aliphatic rings. The second kappa shape index (κ2) is 11.2. The Balaban J connectivity index is 1.50. The second-order valence-corrected chi connectivity index (χ2v) is 10.2. The Morgan fingerprint density at radius 1 is 1.11 bits per heavy atom. The van der Waals surface area contributed by atoms with E-state index in [-0.39, 0.29) is 29.2 Å². The van der Waals surface area contributed by atoms with Crippen LogP contribution in [-0.4, -0.2) is 29.9 Å². The number of benzene rings is 3. The number of rotatable bonds is 7. The lowest BCUT2D eigenvalue weighted by atomic mass is 10.1. The Labute approximate surface area is 224 Å². The molecule has 1 N–H and O–H groups in total. The summed E-state index contributed by atoms with van der Waals surface area (Å²) in [6, 6.07) is 18.4. The summed E-state index contributed by atoms with van der Waals surface area (Å²) in [6.07, 6.45) is 1.71. The smallest absolute Gasteiger partial charge is 0.270 e. The van der Waals surface area contributed by atoms with Gasteiger partial charge in [-0.15, -0.1) is 0 Å². The van der Waals surface area contributed by atoms with E-state index in [0.29, 0.717) is 26.2 Å². The maximum atomic E-state index is 13.1. The normalized spacial score (nSPS) is 14.3. The fourth-order valence-corrected chi connectivity index (χ4v) is 5.12. The van der Waals surface area contributed by atoms with Gasteiger partial charge in [-0.25, -0.2) is 0 Å². The Morgan fingerprint density at radius 3 is 2.56 bits per heavy atom. The third-order valence-corrected chi connectivity index (χ3v) is 6.87. The lowest BCUT2D eigenvalue weighted by Gasteiger charge is -2.15. The summed E-state index contributed by atoms with van der Waals surface area (Å²) in [6.45, 7) is 3.68. The molecule has 3 aromatic rings. The third kappa shape index (κ3) is 5.90. The van der Waals surface area contributed by atoms with Gasteiger partial charge in [0.2, 0.25) is 0 Å². The van der Waals surface area contributed by atoms with Gasteiger partial charge >= 0.3 is 0 Å². The molecule has 0 aromatic heterocycles. The molecule has 2 amide bonds. The third-order valence-electron chi connectivity index (χ3n) is 5.29. The van der Waals surface area contributed by atoms with E-state index in [1.165, 1.54) is 23.8 Å². The van der Waals surface area contributed by atoms with E-state index in [0.717, 1.165) is 16.8 Å². The molecule has 0 aliphatic carbocycles. The number of thiocarbonyl (C=S) groups is 1. The number of amides is 2. The topological polar surface area (TPSA) is 67.9 Å². The van der Waals surface area contributed by atoms with E-state index in [1.807, 2.05) is 62.4 Å². The van der Waals surface area contributed by atoms with Crippen molar-refractivity contribution in [3.05, 3.63) is 87.3 Å². The molecule has 1 aliphatic heterocycles. The number of ether oxygens (including phenoxy) is 2. The van der Waals surface area contributed by atoms with Crippen LogP contribution in [0, 0.1) is 13.8 Å². The van der Waals surface area contributed by atoms with Crippen LogP contribution in [0.25, 0.3) is 6.08 Å². The molecule has 0 saturated carbocycles. The van der Waals surface area contributed by atoms with E-state index in [4.69, 9.17) is 33.3 Å². The number of nitrogens with zero attached hydrogens (tertiary/aromatic N) is 1. The standard InChI is InChI=1S/C27H23ClN2O4S2/c1-16-7-9-19(10-8-16)29-24(31)15-34-25-21(28)12-18(13-22(25)33-3)14-23-26(32)30(27(35)36-23)20-6-4-5-17(2)11-20/h4-14H,15H2,1-3H3,(H,29,31)/b23-14-. The van der Waals surface area contributed by atoms with Crippen molar-refractivity contribution < 1.29 is 19.1 Å². The molecule has 184 valence electrons. The maximum absolute atomic E-state index is 13.1. The molecule has 1 saturated heterocycles. The highest BCUT2D eigenvalue weighted by atomic mass is 35.5. The molecule has 1 heterocycles. The number of anilines is 2. The van der Waals surface area contributed by atoms with Gasteiger partial charge in [0.15, 0.2) is 22.4 Å². The van der Waals surface area contributed by atoms with Gasteiger partial charge in [-0.3, -0.25) is 14.5 Å². The molecule has 0 spiro atoms. The SMILES string of the molecule is COc1cc(/C=C2\SC(=S)N(c3cccc(C)c3)C2=O)cc(Cl)c1OCC(=O)Nc1ccc(C)cc1. The average molecular weight is 539 g/mol. The molecule has 3 aromatic carbocycles. The first-order valence-electron chi connectivity index (χ1n) is 11.0. The quantitative estimate of drug-likeness (QED) is 0.278. The van der Waals surface area contributed by atoms with Gasteiger partial charge in [0, 0.05) is 5.69 Å². The predicted octanol–water partition coefficient (Wildman–Crippen LogP) is 6.39. The first-order chi connectivity index (χ1) is 17.2. The molecule has 0 atom stereocenters. The van der Waals surface area contributed by atoms with Gasteiger partial charge < -0.3 is 14.8 Å². The van der Waals surface area contributed by atoms with Crippen molar-refractivity contribution in [2.24, 2.45) is 0 Å². The summed E-state index contributed by atoms with van der Waals surface area (Å²) in [7, 11) is 1.48. The Kier molecular flexibility index (Phi) is 7.98. The number of hydrogen-bond donors (Lipinski definition) is 1. The molecule has 0 radical (unpaired) electrons. The minimum Gasteiger partial charge on any atom is -0.493 e.